The molecule has 3 aromatic rings. The standard InChI is InChI=1S/C20H21Cl2N7O2/c1-12-10-16(29-20(25-12)23-11-24-29)27-6-8-28(9-7-27)19(31)13(2)26-18(30)14-4-3-5-15(21)17(14)22/h3-5,10-11,13H,6-9H2,1-2H3,(H,26,30). The zero-order valence-electron chi connectivity index (χ0n) is 17.0. The maximum atomic E-state index is 12.9. The molecule has 0 aliphatic carbocycles. The van der Waals surface area contributed by atoms with Gasteiger partial charge < -0.3 is 15.1 Å². The molecule has 2 amide bonds. The van der Waals surface area contributed by atoms with Crippen LogP contribution in [0.1, 0.15) is 23.0 Å². The number of anilines is 1. The first-order valence-corrected chi connectivity index (χ1v) is 10.6. The predicted molar refractivity (Wildman–Crippen MR) is 118 cm³/mol. The first-order valence-electron chi connectivity index (χ1n) is 9.81. The Hall–Kier alpha value is -2.91. The maximum absolute atomic E-state index is 12.9. The van der Waals surface area contributed by atoms with Gasteiger partial charge in [-0.1, -0.05) is 29.3 Å². The minimum Gasteiger partial charge on any atom is -0.353 e. The number of fused-ring (bicyclic) bond motifs is 1. The summed E-state index contributed by atoms with van der Waals surface area (Å²) in [6, 6.07) is 6.07. The molecule has 4 rings (SSSR count). The molecule has 0 saturated carbocycles. The number of halogens is 2. The first-order chi connectivity index (χ1) is 14.8. The number of nitrogens with one attached hydrogen (secondary N) is 1. The fraction of sp³-hybridized carbons (Fsp3) is 0.350. The molecule has 1 atom stereocenters. The molecule has 1 aliphatic heterocycles. The number of aromatic nitrogens is 4. The lowest BCUT2D eigenvalue weighted by Gasteiger charge is -2.37. The second-order valence-electron chi connectivity index (χ2n) is 7.34. The van der Waals surface area contributed by atoms with Crippen LogP contribution in [0.25, 0.3) is 5.78 Å². The van der Waals surface area contributed by atoms with Crippen molar-refractivity contribution in [2.75, 3.05) is 31.1 Å². The number of rotatable bonds is 4. The molecule has 1 aliphatic rings. The van der Waals surface area contributed by atoms with Gasteiger partial charge in [-0.25, -0.2) is 4.98 Å². The molecule has 0 bridgehead atoms. The average Bonchev–Trinajstić information content (AvgIpc) is 3.23. The summed E-state index contributed by atoms with van der Waals surface area (Å²) in [5, 5.41) is 7.42. The Kier molecular flexibility index (Phi) is 5.97. The molecule has 1 unspecified atom stereocenters. The van der Waals surface area contributed by atoms with E-state index in [0.717, 1.165) is 11.5 Å². The van der Waals surface area contributed by atoms with Gasteiger partial charge in [0, 0.05) is 37.9 Å². The van der Waals surface area contributed by atoms with Crippen LogP contribution in [0.5, 0.6) is 0 Å². The molecule has 0 spiro atoms. The zero-order valence-corrected chi connectivity index (χ0v) is 18.6. The van der Waals surface area contributed by atoms with Gasteiger partial charge in [0.05, 0.1) is 15.6 Å². The van der Waals surface area contributed by atoms with Crippen LogP contribution < -0.4 is 10.2 Å². The van der Waals surface area contributed by atoms with Gasteiger partial charge in [-0.2, -0.15) is 14.6 Å². The minimum absolute atomic E-state index is 0.150. The molecule has 1 saturated heterocycles. The zero-order chi connectivity index (χ0) is 22.1. The SMILES string of the molecule is Cc1cc(N2CCN(C(=O)C(C)NC(=O)c3cccc(Cl)c3Cl)CC2)n2ncnc2n1. The van der Waals surface area contributed by atoms with Gasteiger partial charge in [0.1, 0.15) is 18.2 Å². The van der Waals surface area contributed by atoms with E-state index in [9.17, 15) is 9.59 Å². The smallest absolute Gasteiger partial charge is 0.254 e. The van der Waals surface area contributed by atoms with Gasteiger partial charge >= 0.3 is 0 Å². The fourth-order valence-electron chi connectivity index (χ4n) is 3.58. The van der Waals surface area contributed by atoms with E-state index >= 15 is 0 Å². The van der Waals surface area contributed by atoms with E-state index in [1.807, 2.05) is 13.0 Å². The second kappa shape index (κ2) is 8.68. The fourth-order valence-corrected chi connectivity index (χ4v) is 3.97. The lowest BCUT2D eigenvalue weighted by Crippen LogP contribution is -2.54. The molecule has 1 aromatic carbocycles. The van der Waals surface area contributed by atoms with Gasteiger partial charge in [0.15, 0.2) is 0 Å². The number of piperazine rings is 1. The van der Waals surface area contributed by atoms with Crippen LogP contribution in [-0.4, -0.2) is 68.5 Å². The third-order valence-corrected chi connectivity index (χ3v) is 6.01. The molecule has 11 heteroatoms. The summed E-state index contributed by atoms with van der Waals surface area (Å²) in [5.41, 5.74) is 1.09. The van der Waals surface area contributed by atoms with Crippen molar-refractivity contribution in [2.45, 2.75) is 19.9 Å². The van der Waals surface area contributed by atoms with Crippen molar-refractivity contribution >= 4 is 46.6 Å². The number of carbonyl (C=O) groups is 2. The monoisotopic (exact) mass is 461 g/mol. The maximum Gasteiger partial charge on any atom is 0.254 e. The predicted octanol–water partition coefficient (Wildman–Crippen LogP) is 2.21. The first kappa shape index (κ1) is 21.3. The lowest BCUT2D eigenvalue weighted by atomic mass is 10.2. The van der Waals surface area contributed by atoms with E-state index in [2.05, 4.69) is 25.3 Å². The van der Waals surface area contributed by atoms with Crippen LogP contribution in [0.2, 0.25) is 10.0 Å². The minimum atomic E-state index is -0.695. The van der Waals surface area contributed by atoms with Gasteiger partial charge in [0.25, 0.3) is 11.7 Å². The van der Waals surface area contributed by atoms with Crippen molar-refractivity contribution < 1.29 is 9.59 Å². The van der Waals surface area contributed by atoms with Crippen molar-refractivity contribution in [3.63, 3.8) is 0 Å². The van der Waals surface area contributed by atoms with Crippen LogP contribution in [-0.2, 0) is 4.79 Å². The molecular weight excluding hydrogens is 441 g/mol. The van der Waals surface area contributed by atoms with Crippen molar-refractivity contribution in [1.82, 2.24) is 29.8 Å². The highest BCUT2D eigenvalue weighted by Gasteiger charge is 2.28. The Morgan fingerprint density at radius 3 is 2.65 bits per heavy atom. The van der Waals surface area contributed by atoms with E-state index in [0.29, 0.717) is 32.0 Å². The summed E-state index contributed by atoms with van der Waals surface area (Å²) >= 11 is 12.1. The summed E-state index contributed by atoms with van der Waals surface area (Å²) in [5.74, 6) is 0.851. The number of hydrogen-bond donors (Lipinski definition) is 1. The summed E-state index contributed by atoms with van der Waals surface area (Å²) in [6.45, 7) is 5.88. The summed E-state index contributed by atoms with van der Waals surface area (Å²) in [6.07, 6.45) is 1.47. The Morgan fingerprint density at radius 1 is 1.16 bits per heavy atom. The van der Waals surface area contributed by atoms with Gasteiger partial charge in [-0.3, -0.25) is 9.59 Å². The molecule has 31 heavy (non-hydrogen) atoms. The molecule has 9 nitrogen and oxygen atoms in total. The molecule has 1 N–H and O–H groups in total. The van der Waals surface area contributed by atoms with Crippen molar-refractivity contribution in [2.24, 2.45) is 0 Å². The number of amides is 2. The quantitative estimate of drug-likeness (QED) is 0.639. The average molecular weight is 462 g/mol. The van der Waals surface area contributed by atoms with E-state index in [-0.39, 0.29) is 21.5 Å². The van der Waals surface area contributed by atoms with Crippen molar-refractivity contribution in [3.05, 3.63) is 51.9 Å². The summed E-state index contributed by atoms with van der Waals surface area (Å²) in [7, 11) is 0. The van der Waals surface area contributed by atoms with Crippen molar-refractivity contribution in [3.8, 4) is 0 Å². The number of carbonyl (C=O) groups excluding carboxylic acids is 2. The number of aryl methyl sites for hydroxylation is 1. The molecule has 0 radical (unpaired) electrons. The Bertz CT molecular complexity index is 1140. The highest BCUT2D eigenvalue weighted by Crippen LogP contribution is 2.25. The van der Waals surface area contributed by atoms with Crippen LogP contribution >= 0.6 is 23.2 Å². The topological polar surface area (TPSA) is 95.7 Å². The molecule has 162 valence electrons. The van der Waals surface area contributed by atoms with Crippen LogP contribution in [0.15, 0.2) is 30.6 Å². The number of hydrogen-bond acceptors (Lipinski definition) is 6. The Labute approximate surface area is 189 Å². The largest absolute Gasteiger partial charge is 0.353 e. The summed E-state index contributed by atoms with van der Waals surface area (Å²) in [4.78, 5) is 37.8. The highest BCUT2D eigenvalue weighted by molar-refractivity contribution is 6.43. The van der Waals surface area contributed by atoms with E-state index in [1.54, 1.807) is 34.5 Å². The van der Waals surface area contributed by atoms with Crippen molar-refractivity contribution in [1.29, 1.82) is 0 Å². The Morgan fingerprint density at radius 2 is 1.90 bits per heavy atom. The molecular formula is C20H21Cl2N7O2. The third kappa shape index (κ3) is 4.28. The van der Waals surface area contributed by atoms with E-state index in [1.165, 1.54) is 6.33 Å². The normalized spacial score (nSPS) is 15.2. The van der Waals surface area contributed by atoms with Gasteiger partial charge in [0.2, 0.25) is 5.91 Å². The number of nitrogens with zero attached hydrogens (tertiary/aromatic N) is 6. The highest BCUT2D eigenvalue weighted by atomic mass is 35.5. The second-order valence-corrected chi connectivity index (χ2v) is 8.12. The lowest BCUT2D eigenvalue weighted by molar-refractivity contribution is -0.133. The van der Waals surface area contributed by atoms with Gasteiger partial charge in [-0.05, 0) is 26.0 Å². The Balaban J connectivity index is 1.39. The van der Waals surface area contributed by atoms with E-state index < -0.39 is 11.9 Å². The van der Waals surface area contributed by atoms with Crippen LogP contribution in [0, 0.1) is 6.92 Å². The van der Waals surface area contributed by atoms with Gasteiger partial charge in [-0.15, -0.1) is 0 Å². The molecule has 2 aromatic heterocycles. The summed E-state index contributed by atoms with van der Waals surface area (Å²) < 4.78 is 1.70. The van der Waals surface area contributed by atoms with Crippen LogP contribution in [0.3, 0.4) is 0 Å². The third-order valence-electron chi connectivity index (χ3n) is 5.19. The van der Waals surface area contributed by atoms with E-state index in [4.69, 9.17) is 23.2 Å². The molecule has 3 heterocycles. The number of benzene rings is 1. The van der Waals surface area contributed by atoms with Crippen LogP contribution in [0.4, 0.5) is 5.82 Å². The molecule has 1 fully saturated rings.